The first-order valence-electron chi connectivity index (χ1n) is 7.79. The minimum Gasteiger partial charge on any atom is -0.493 e. The normalized spacial score (nSPS) is 10.9. The van der Waals surface area contributed by atoms with E-state index in [9.17, 15) is 4.79 Å². The van der Waals surface area contributed by atoms with Crippen LogP contribution in [0, 0.1) is 13.8 Å². The highest BCUT2D eigenvalue weighted by Crippen LogP contribution is 2.18. The van der Waals surface area contributed by atoms with Crippen molar-refractivity contribution < 1.29 is 4.74 Å². The molecule has 0 amide bonds. The van der Waals surface area contributed by atoms with Crippen molar-refractivity contribution in [2.75, 3.05) is 6.61 Å². The Kier molecular flexibility index (Phi) is 4.42. The van der Waals surface area contributed by atoms with Crippen LogP contribution in [0.15, 0.2) is 53.6 Å². The van der Waals surface area contributed by atoms with Gasteiger partial charge >= 0.3 is 0 Å². The van der Waals surface area contributed by atoms with Gasteiger partial charge < -0.3 is 4.74 Å². The molecule has 3 aromatic rings. The highest BCUT2D eigenvalue weighted by Gasteiger charge is 2.04. The van der Waals surface area contributed by atoms with E-state index < -0.39 is 0 Å². The van der Waals surface area contributed by atoms with Crippen LogP contribution in [0.3, 0.4) is 0 Å². The van der Waals surface area contributed by atoms with Crippen LogP contribution in [0.5, 0.6) is 5.75 Å². The van der Waals surface area contributed by atoms with Gasteiger partial charge in [-0.15, -0.1) is 0 Å². The van der Waals surface area contributed by atoms with Crippen LogP contribution in [0.4, 0.5) is 0 Å². The molecule has 0 spiro atoms. The predicted molar refractivity (Wildman–Crippen MR) is 92.0 cm³/mol. The van der Waals surface area contributed by atoms with Gasteiger partial charge in [-0.2, -0.15) is 0 Å². The van der Waals surface area contributed by atoms with Gasteiger partial charge in [-0.3, -0.25) is 9.36 Å². The van der Waals surface area contributed by atoms with Crippen molar-refractivity contribution >= 4 is 10.9 Å². The maximum absolute atomic E-state index is 12.4. The van der Waals surface area contributed by atoms with Crippen LogP contribution in [0.2, 0.25) is 0 Å². The number of nitrogens with zero attached hydrogens (tertiary/aromatic N) is 2. The lowest BCUT2D eigenvalue weighted by Gasteiger charge is -2.10. The molecule has 3 rings (SSSR count). The first-order chi connectivity index (χ1) is 11.1. The summed E-state index contributed by atoms with van der Waals surface area (Å²) in [7, 11) is 0. The van der Waals surface area contributed by atoms with Gasteiger partial charge in [-0.1, -0.05) is 29.8 Å². The molecule has 0 N–H and O–H groups in total. The van der Waals surface area contributed by atoms with Crippen LogP contribution < -0.4 is 10.3 Å². The van der Waals surface area contributed by atoms with Crippen LogP contribution in [0.25, 0.3) is 10.9 Å². The van der Waals surface area contributed by atoms with Crippen molar-refractivity contribution in [2.45, 2.75) is 26.8 Å². The molecule has 0 atom stereocenters. The molecule has 2 aromatic carbocycles. The molecule has 0 aliphatic carbocycles. The average molecular weight is 308 g/mol. The van der Waals surface area contributed by atoms with Crippen LogP contribution >= 0.6 is 0 Å². The fraction of sp³-hybridized carbons (Fsp3) is 0.263. The number of benzene rings is 2. The molecule has 1 heterocycles. The summed E-state index contributed by atoms with van der Waals surface area (Å²) in [5.74, 6) is 0.902. The number of hydrogen-bond donors (Lipinski definition) is 0. The summed E-state index contributed by atoms with van der Waals surface area (Å²) in [5.41, 5.74) is 3.10. The van der Waals surface area contributed by atoms with E-state index in [1.54, 1.807) is 10.9 Å². The van der Waals surface area contributed by atoms with E-state index in [1.165, 1.54) is 5.56 Å². The van der Waals surface area contributed by atoms with Gasteiger partial charge in [0.1, 0.15) is 5.75 Å². The smallest absolute Gasteiger partial charge is 0.261 e. The van der Waals surface area contributed by atoms with Crippen LogP contribution in [-0.4, -0.2) is 16.2 Å². The van der Waals surface area contributed by atoms with Gasteiger partial charge in [0.25, 0.3) is 5.56 Å². The lowest BCUT2D eigenvalue weighted by molar-refractivity contribution is 0.299. The lowest BCUT2D eigenvalue weighted by atomic mass is 10.1. The average Bonchev–Trinajstić information content (AvgIpc) is 2.55. The highest BCUT2D eigenvalue weighted by atomic mass is 16.5. The molecule has 0 aliphatic heterocycles. The Morgan fingerprint density at radius 2 is 1.96 bits per heavy atom. The van der Waals surface area contributed by atoms with E-state index in [0.29, 0.717) is 18.5 Å². The molecular weight excluding hydrogens is 288 g/mol. The molecular formula is C19H20N2O2. The molecule has 0 fully saturated rings. The maximum atomic E-state index is 12.4. The van der Waals surface area contributed by atoms with E-state index in [-0.39, 0.29) is 5.56 Å². The summed E-state index contributed by atoms with van der Waals surface area (Å²) in [6.45, 7) is 5.28. The monoisotopic (exact) mass is 308 g/mol. The fourth-order valence-corrected chi connectivity index (χ4v) is 2.64. The number of para-hydroxylation sites is 1. The molecule has 0 unspecified atom stereocenters. The summed E-state index contributed by atoms with van der Waals surface area (Å²) >= 11 is 0. The van der Waals surface area contributed by atoms with Crippen LogP contribution in [0.1, 0.15) is 17.5 Å². The molecule has 4 nitrogen and oxygen atoms in total. The number of hydrogen-bond acceptors (Lipinski definition) is 3. The van der Waals surface area contributed by atoms with E-state index in [2.05, 4.69) is 18.0 Å². The first-order valence-corrected chi connectivity index (χ1v) is 7.79. The predicted octanol–water partition coefficient (Wildman–Crippen LogP) is 3.48. The lowest BCUT2D eigenvalue weighted by Crippen LogP contribution is -2.21. The van der Waals surface area contributed by atoms with Gasteiger partial charge in [-0.25, -0.2) is 4.98 Å². The molecule has 23 heavy (non-hydrogen) atoms. The third-order valence-electron chi connectivity index (χ3n) is 3.86. The minimum absolute atomic E-state index is 0.00196. The number of fused-ring (bicyclic) bond motifs is 1. The maximum Gasteiger partial charge on any atom is 0.261 e. The molecule has 0 saturated carbocycles. The Hall–Kier alpha value is -2.62. The second-order valence-electron chi connectivity index (χ2n) is 5.73. The molecule has 0 saturated heterocycles. The second-order valence-corrected chi connectivity index (χ2v) is 5.73. The zero-order valence-electron chi connectivity index (χ0n) is 13.5. The molecule has 0 bridgehead atoms. The topological polar surface area (TPSA) is 44.1 Å². The zero-order valence-corrected chi connectivity index (χ0v) is 13.5. The quantitative estimate of drug-likeness (QED) is 0.678. The van der Waals surface area contributed by atoms with Gasteiger partial charge in [0.15, 0.2) is 0 Å². The Balaban J connectivity index is 1.63. The molecule has 0 aliphatic rings. The first kappa shape index (κ1) is 15.3. The summed E-state index contributed by atoms with van der Waals surface area (Å²) in [5, 5.41) is 0.658. The molecule has 0 radical (unpaired) electrons. The van der Waals surface area contributed by atoms with Gasteiger partial charge in [0, 0.05) is 6.54 Å². The zero-order chi connectivity index (χ0) is 16.2. The Labute approximate surface area is 135 Å². The van der Waals surface area contributed by atoms with Crippen molar-refractivity contribution in [2.24, 2.45) is 0 Å². The number of aromatic nitrogens is 2. The van der Waals surface area contributed by atoms with E-state index in [1.807, 2.05) is 43.3 Å². The van der Waals surface area contributed by atoms with Crippen molar-refractivity contribution in [3.8, 4) is 5.75 Å². The van der Waals surface area contributed by atoms with Gasteiger partial charge in [-0.05, 0) is 44.0 Å². The second kappa shape index (κ2) is 6.65. The van der Waals surface area contributed by atoms with E-state index >= 15 is 0 Å². The van der Waals surface area contributed by atoms with Crippen molar-refractivity contribution in [3.05, 3.63) is 70.3 Å². The van der Waals surface area contributed by atoms with Crippen molar-refractivity contribution in [1.29, 1.82) is 0 Å². The molecule has 4 heteroatoms. The third kappa shape index (κ3) is 3.42. The van der Waals surface area contributed by atoms with E-state index in [0.717, 1.165) is 23.3 Å². The number of ether oxygens (including phenoxy) is 1. The number of aryl methyl sites for hydroxylation is 3. The highest BCUT2D eigenvalue weighted by molar-refractivity contribution is 5.76. The number of rotatable bonds is 5. The summed E-state index contributed by atoms with van der Waals surface area (Å²) in [6, 6.07) is 13.6. The van der Waals surface area contributed by atoms with Gasteiger partial charge in [0.2, 0.25) is 0 Å². The van der Waals surface area contributed by atoms with Crippen molar-refractivity contribution in [3.63, 3.8) is 0 Å². The Morgan fingerprint density at radius 3 is 2.78 bits per heavy atom. The van der Waals surface area contributed by atoms with E-state index in [4.69, 9.17) is 4.74 Å². The SMILES string of the molecule is Cc1ccc(OCCCn2cnc3ccccc3c2=O)c(C)c1. The summed E-state index contributed by atoms with van der Waals surface area (Å²) in [6.07, 6.45) is 2.37. The Bertz CT molecular complexity index is 884. The Morgan fingerprint density at radius 1 is 1.13 bits per heavy atom. The van der Waals surface area contributed by atoms with Crippen LogP contribution in [-0.2, 0) is 6.54 Å². The van der Waals surface area contributed by atoms with Crippen molar-refractivity contribution in [1.82, 2.24) is 9.55 Å². The summed E-state index contributed by atoms with van der Waals surface area (Å²) in [4.78, 5) is 16.7. The third-order valence-corrected chi connectivity index (χ3v) is 3.86. The standard InChI is InChI=1S/C19H20N2O2/c1-14-8-9-18(15(2)12-14)23-11-5-10-21-13-20-17-7-4-3-6-16(17)19(21)22/h3-4,6-9,12-13H,5,10-11H2,1-2H3. The summed E-state index contributed by atoms with van der Waals surface area (Å²) < 4.78 is 7.45. The minimum atomic E-state index is 0.00196. The van der Waals surface area contributed by atoms with Gasteiger partial charge in [0.05, 0.1) is 23.8 Å². The molecule has 1 aromatic heterocycles. The molecule has 118 valence electrons. The largest absolute Gasteiger partial charge is 0.493 e. The fourth-order valence-electron chi connectivity index (χ4n) is 2.64.